The van der Waals surface area contributed by atoms with Crippen LogP contribution in [0.25, 0.3) is 0 Å². The third-order valence-corrected chi connectivity index (χ3v) is 4.16. The molecule has 1 radical (unpaired) electrons. The first-order valence-corrected chi connectivity index (χ1v) is 9.37. The van der Waals surface area contributed by atoms with Gasteiger partial charge in [-0.15, -0.1) is 0 Å². The molecule has 0 spiro atoms. The van der Waals surface area contributed by atoms with E-state index in [0.717, 1.165) is 26.2 Å². The average Bonchev–Trinajstić information content (AvgIpc) is 2.55. The number of nitrogens with zero attached hydrogens (tertiary/aromatic N) is 2. The number of hydrogen-bond donors (Lipinski definition) is 0. The van der Waals surface area contributed by atoms with Gasteiger partial charge in [0, 0.05) is 64.9 Å². The van der Waals surface area contributed by atoms with Crippen molar-refractivity contribution < 1.29 is 42.2 Å². The number of hydrogen-bond acceptors (Lipinski definition) is 3. The van der Waals surface area contributed by atoms with E-state index in [1.165, 1.54) is 5.56 Å². The third kappa shape index (κ3) is 15.1. The van der Waals surface area contributed by atoms with Crippen molar-refractivity contribution in [2.45, 2.75) is 88.3 Å². The number of amides is 1. The van der Waals surface area contributed by atoms with Crippen molar-refractivity contribution in [1.29, 1.82) is 0 Å². The van der Waals surface area contributed by atoms with E-state index in [9.17, 15) is 4.79 Å². The number of rotatable bonds is 2. The molecule has 0 unspecified atom stereocenters. The SMILES string of the molecule is C.C.C.CC(C)N1CCN(C(=O)OC(C)(C)C)CC1.CC(C)c1ccccc1.[Y]. The summed E-state index contributed by atoms with van der Waals surface area (Å²) in [5.41, 5.74) is 1.02. The van der Waals surface area contributed by atoms with Crippen LogP contribution in [0.4, 0.5) is 4.79 Å². The molecule has 5 heteroatoms. The largest absolute Gasteiger partial charge is 0.444 e. The van der Waals surface area contributed by atoms with E-state index in [2.05, 4.69) is 56.9 Å². The van der Waals surface area contributed by atoms with Crippen LogP contribution >= 0.6 is 0 Å². The zero-order valence-corrected chi connectivity index (χ0v) is 20.5. The molecule has 0 N–H and O–H groups in total. The van der Waals surface area contributed by atoms with Crippen LogP contribution in [0.5, 0.6) is 0 Å². The molecule has 1 aromatic rings. The van der Waals surface area contributed by atoms with E-state index in [1.807, 2.05) is 26.8 Å². The Kier molecular flexibility index (Phi) is 21.4. The van der Waals surface area contributed by atoms with E-state index >= 15 is 0 Å². The van der Waals surface area contributed by atoms with Crippen LogP contribution in [-0.2, 0) is 37.4 Å². The Bertz CT molecular complexity index is 505. The smallest absolute Gasteiger partial charge is 0.410 e. The summed E-state index contributed by atoms with van der Waals surface area (Å²) < 4.78 is 5.34. The van der Waals surface area contributed by atoms with E-state index in [1.54, 1.807) is 4.90 Å². The van der Waals surface area contributed by atoms with Crippen molar-refractivity contribution in [3.05, 3.63) is 35.9 Å². The Morgan fingerprint density at radius 1 is 0.897 bits per heavy atom. The second kappa shape index (κ2) is 17.3. The molecule has 1 aliphatic rings. The van der Waals surface area contributed by atoms with Crippen LogP contribution in [0.15, 0.2) is 30.3 Å². The molecule has 0 bridgehead atoms. The van der Waals surface area contributed by atoms with Crippen molar-refractivity contribution in [2.75, 3.05) is 26.2 Å². The molecule has 169 valence electrons. The standard InChI is InChI=1S/C12H24N2O2.C9H12.3CH4.Y/c1-10(2)13-6-8-14(9-7-13)11(15)16-12(3,4)5;1-8(2)9-6-4-3-5-7-9;;;;/h10H,6-9H2,1-5H3;3-8H,1-2H3;3*1H4;. The maximum Gasteiger partial charge on any atom is 0.410 e. The molecule has 1 aromatic carbocycles. The summed E-state index contributed by atoms with van der Waals surface area (Å²) in [7, 11) is 0. The van der Waals surface area contributed by atoms with Crippen molar-refractivity contribution >= 4 is 6.09 Å². The Morgan fingerprint density at radius 2 is 1.34 bits per heavy atom. The topological polar surface area (TPSA) is 32.8 Å². The minimum Gasteiger partial charge on any atom is -0.444 e. The van der Waals surface area contributed by atoms with Crippen molar-refractivity contribution in [3.8, 4) is 0 Å². The summed E-state index contributed by atoms with van der Waals surface area (Å²) in [6.45, 7) is 17.9. The quantitative estimate of drug-likeness (QED) is 0.469. The molecule has 0 atom stereocenters. The Hall–Kier alpha value is -0.446. The van der Waals surface area contributed by atoms with E-state index in [0.29, 0.717) is 12.0 Å². The molecule has 29 heavy (non-hydrogen) atoms. The number of carbonyl (C=O) groups is 1. The van der Waals surface area contributed by atoms with Gasteiger partial charge in [0.2, 0.25) is 0 Å². The normalized spacial score (nSPS) is 13.6. The molecular formula is C24H48N2O2Y. The van der Waals surface area contributed by atoms with Gasteiger partial charge in [0.05, 0.1) is 0 Å². The van der Waals surface area contributed by atoms with Crippen LogP contribution in [0.2, 0.25) is 0 Å². The molecule has 1 fully saturated rings. The maximum atomic E-state index is 11.8. The number of piperazine rings is 1. The molecule has 0 aliphatic carbocycles. The molecule has 2 rings (SSSR count). The molecule has 1 amide bonds. The number of carbonyl (C=O) groups excluding carboxylic acids is 1. The van der Waals surface area contributed by atoms with Crippen LogP contribution in [0.3, 0.4) is 0 Å². The average molecular weight is 486 g/mol. The second-order valence-corrected chi connectivity index (χ2v) is 8.16. The fourth-order valence-electron chi connectivity index (χ4n) is 2.59. The zero-order chi connectivity index (χ0) is 19.0. The zero-order valence-electron chi connectivity index (χ0n) is 17.7. The number of benzene rings is 1. The first-order chi connectivity index (χ1) is 11.6. The molecule has 1 aliphatic heterocycles. The third-order valence-electron chi connectivity index (χ3n) is 4.16. The molecule has 0 saturated carbocycles. The predicted octanol–water partition coefficient (Wildman–Crippen LogP) is 6.66. The van der Waals surface area contributed by atoms with Gasteiger partial charge < -0.3 is 9.64 Å². The van der Waals surface area contributed by atoms with Crippen LogP contribution in [0, 0.1) is 0 Å². The van der Waals surface area contributed by atoms with Crippen molar-refractivity contribution in [2.24, 2.45) is 0 Å². The van der Waals surface area contributed by atoms with Crippen molar-refractivity contribution in [1.82, 2.24) is 9.80 Å². The first-order valence-electron chi connectivity index (χ1n) is 9.37. The van der Waals surface area contributed by atoms with Gasteiger partial charge in [-0.2, -0.15) is 0 Å². The molecule has 0 aromatic heterocycles. The van der Waals surface area contributed by atoms with Gasteiger partial charge >= 0.3 is 6.09 Å². The van der Waals surface area contributed by atoms with Gasteiger partial charge in [-0.25, -0.2) is 4.79 Å². The fraction of sp³-hybridized carbons (Fsp3) is 0.708. The summed E-state index contributed by atoms with van der Waals surface area (Å²) in [5.74, 6) is 0.659. The van der Waals surface area contributed by atoms with Crippen LogP contribution in [-0.4, -0.2) is 53.7 Å². The van der Waals surface area contributed by atoms with Gasteiger partial charge in [-0.1, -0.05) is 66.5 Å². The van der Waals surface area contributed by atoms with Crippen molar-refractivity contribution in [3.63, 3.8) is 0 Å². The summed E-state index contributed by atoms with van der Waals surface area (Å²) in [6, 6.07) is 11.1. The minimum atomic E-state index is -0.397. The monoisotopic (exact) mass is 485 g/mol. The molecule has 4 nitrogen and oxygen atoms in total. The first kappa shape index (κ1) is 36.0. The Balaban J connectivity index is -0.000000210. The maximum absolute atomic E-state index is 11.8. The van der Waals surface area contributed by atoms with E-state index < -0.39 is 5.60 Å². The molecule has 1 heterocycles. The Labute approximate surface area is 207 Å². The van der Waals surface area contributed by atoms with Gasteiger partial charge in [-0.3, -0.25) is 4.90 Å². The molecular weight excluding hydrogens is 437 g/mol. The van der Waals surface area contributed by atoms with E-state index in [-0.39, 0.29) is 61.1 Å². The summed E-state index contributed by atoms with van der Waals surface area (Å²) in [5, 5.41) is 0. The predicted molar refractivity (Wildman–Crippen MR) is 125 cm³/mol. The van der Waals surface area contributed by atoms with Gasteiger partial charge in [-0.05, 0) is 46.1 Å². The molecule has 1 saturated heterocycles. The summed E-state index contributed by atoms with van der Waals surface area (Å²) >= 11 is 0. The van der Waals surface area contributed by atoms with E-state index in [4.69, 9.17) is 4.74 Å². The summed E-state index contributed by atoms with van der Waals surface area (Å²) in [4.78, 5) is 15.9. The number of ether oxygens (including phenoxy) is 1. The van der Waals surface area contributed by atoms with Gasteiger partial charge in [0.15, 0.2) is 0 Å². The second-order valence-electron chi connectivity index (χ2n) is 8.16. The Morgan fingerprint density at radius 3 is 1.66 bits per heavy atom. The van der Waals surface area contributed by atoms with Crippen LogP contribution < -0.4 is 0 Å². The van der Waals surface area contributed by atoms with Gasteiger partial charge in [0.25, 0.3) is 0 Å². The van der Waals surface area contributed by atoms with Gasteiger partial charge in [0.1, 0.15) is 5.60 Å². The fourth-order valence-corrected chi connectivity index (χ4v) is 2.59. The summed E-state index contributed by atoms with van der Waals surface area (Å²) in [6.07, 6.45) is -0.184. The minimum absolute atomic E-state index is 0. The van der Waals surface area contributed by atoms with Crippen LogP contribution in [0.1, 0.15) is 82.2 Å².